The van der Waals surface area contributed by atoms with E-state index in [9.17, 15) is 9.18 Å². The number of hydrogen-bond donors (Lipinski definition) is 0. The molecule has 1 saturated carbocycles. The van der Waals surface area contributed by atoms with Crippen LogP contribution in [-0.2, 0) is 4.79 Å². The highest BCUT2D eigenvalue weighted by atomic mass is 19.1. The summed E-state index contributed by atoms with van der Waals surface area (Å²) in [5.74, 6) is 0.321. The van der Waals surface area contributed by atoms with E-state index in [1.807, 2.05) is 4.90 Å². The molecule has 0 radical (unpaired) electrons. The van der Waals surface area contributed by atoms with Gasteiger partial charge in [0.15, 0.2) is 0 Å². The third-order valence-corrected chi connectivity index (χ3v) is 4.24. The molecule has 1 saturated heterocycles. The zero-order chi connectivity index (χ0) is 11.2. The minimum Gasteiger partial charge on any atom is -0.342 e. The maximum absolute atomic E-state index is 12.8. The second kappa shape index (κ2) is 3.46. The van der Waals surface area contributed by atoms with E-state index in [4.69, 9.17) is 0 Å². The van der Waals surface area contributed by atoms with Crippen molar-refractivity contribution in [1.82, 2.24) is 4.90 Å². The highest BCUT2D eigenvalue weighted by molar-refractivity contribution is 5.82. The van der Waals surface area contributed by atoms with Crippen LogP contribution in [0.2, 0.25) is 0 Å². The molecule has 1 aliphatic carbocycles. The molecule has 0 aromatic heterocycles. The highest BCUT2D eigenvalue weighted by Gasteiger charge is 2.48. The van der Waals surface area contributed by atoms with Gasteiger partial charge in [-0.2, -0.15) is 0 Å². The summed E-state index contributed by atoms with van der Waals surface area (Å²) in [6, 6.07) is 0. The second-order valence-electron chi connectivity index (χ2n) is 5.68. The molecule has 2 aliphatic rings. The Hall–Kier alpha value is -0.600. The maximum atomic E-state index is 12.8. The first-order valence-electron chi connectivity index (χ1n) is 5.87. The fraction of sp³-hybridized carbons (Fsp3) is 0.917. The number of carbonyl (C=O) groups is 1. The summed E-state index contributed by atoms with van der Waals surface area (Å²) in [5.41, 5.74) is 0.232. The molecule has 3 atom stereocenters. The Morgan fingerprint density at radius 1 is 1.53 bits per heavy atom. The van der Waals surface area contributed by atoms with Gasteiger partial charge in [0.25, 0.3) is 0 Å². The number of rotatable bonds is 2. The molecule has 2 nitrogen and oxygen atoms in total. The van der Waals surface area contributed by atoms with Gasteiger partial charge in [0, 0.05) is 13.1 Å². The molecule has 1 aliphatic heterocycles. The quantitative estimate of drug-likeness (QED) is 0.689. The largest absolute Gasteiger partial charge is 0.342 e. The highest BCUT2D eigenvalue weighted by Crippen LogP contribution is 2.41. The smallest absolute Gasteiger partial charge is 0.228 e. The van der Waals surface area contributed by atoms with Crippen LogP contribution in [0.25, 0.3) is 0 Å². The molecule has 0 aromatic rings. The molecule has 0 bridgehead atoms. The van der Waals surface area contributed by atoms with Gasteiger partial charge >= 0.3 is 0 Å². The zero-order valence-corrected chi connectivity index (χ0v) is 9.79. The third kappa shape index (κ3) is 1.88. The van der Waals surface area contributed by atoms with Crippen LogP contribution in [0.15, 0.2) is 0 Å². The van der Waals surface area contributed by atoms with Crippen molar-refractivity contribution in [1.29, 1.82) is 0 Å². The molecular formula is C12H20FNO. The molecule has 0 unspecified atom stereocenters. The zero-order valence-electron chi connectivity index (χ0n) is 9.79. The first-order valence-corrected chi connectivity index (χ1v) is 5.87. The van der Waals surface area contributed by atoms with Crippen molar-refractivity contribution in [2.45, 2.75) is 39.8 Å². The van der Waals surface area contributed by atoms with Crippen molar-refractivity contribution < 1.29 is 9.18 Å². The first-order chi connectivity index (χ1) is 6.94. The lowest BCUT2D eigenvalue weighted by molar-refractivity contribution is -0.132. The van der Waals surface area contributed by atoms with Gasteiger partial charge in [0.1, 0.15) is 6.17 Å². The number of likely N-dealkylation sites (tertiary alicyclic amines) is 1. The summed E-state index contributed by atoms with van der Waals surface area (Å²) in [5, 5.41) is 0. The number of amides is 1. The Morgan fingerprint density at radius 2 is 2.13 bits per heavy atom. The van der Waals surface area contributed by atoms with Gasteiger partial charge in [-0.1, -0.05) is 20.8 Å². The molecule has 3 heteroatoms. The third-order valence-electron chi connectivity index (χ3n) is 4.24. The topological polar surface area (TPSA) is 20.3 Å². The lowest BCUT2D eigenvalue weighted by Gasteiger charge is -2.28. The van der Waals surface area contributed by atoms with Crippen molar-refractivity contribution in [2.24, 2.45) is 17.3 Å². The number of hydrogen-bond acceptors (Lipinski definition) is 1. The van der Waals surface area contributed by atoms with Gasteiger partial charge in [-0.3, -0.25) is 4.79 Å². The van der Waals surface area contributed by atoms with Crippen molar-refractivity contribution >= 4 is 5.91 Å². The molecule has 0 N–H and O–H groups in total. The van der Waals surface area contributed by atoms with Crippen LogP contribution in [0.1, 0.15) is 33.6 Å². The molecule has 2 rings (SSSR count). The average molecular weight is 213 g/mol. The van der Waals surface area contributed by atoms with Gasteiger partial charge in [-0.15, -0.1) is 0 Å². The van der Waals surface area contributed by atoms with Crippen LogP contribution >= 0.6 is 0 Å². The molecule has 0 aromatic carbocycles. The monoisotopic (exact) mass is 213 g/mol. The molecule has 86 valence electrons. The summed E-state index contributed by atoms with van der Waals surface area (Å²) < 4.78 is 12.8. The van der Waals surface area contributed by atoms with E-state index in [1.54, 1.807) is 0 Å². The van der Waals surface area contributed by atoms with Crippen molar-refractivity contribution in [3.8, 4) is 0 Å². The van der Waals surface area contributed by atoms with E-state index in [1.165, 1.54) is 0 Å². The van der Waals surface area contributed by atoms with Crippen LogP contribution in [0, 0.1) is 17.3 Å². The summed E-state index contributed by atoms with van der Waals surface area (Å²) in [6.45, 7) is 8.25. The van der Waals surface area contributed by atoms with E-state index in [-0.39, 0.29) is 17.2 Å². The summed E-state index contributed by atoms with van der Waals surface area (Å²) >= 11 is 0. The van der Waals surface area contributed by atoms with Gasteiger partial charge in [-0.25, -0.2) is 4.39 Å². The van der Waals surface area contributed by atoms with Crippen molar-refractivity contribution in [3.63, 3.8) is 0 Å². The van der Waals surface area contributed by atoms with Gasteiger partial charge in [-0.05, 0) is 24.2 Å². The van der Waals surface area contributed by atoms with Crippen molar-refractivity contribution in [3.05, 3.63) is 0 Å². The fourth-order valence-corrected chi connectivity index (χ4v) is 2.30. The van der Waals surface area contributed by atoms with E-state index < -0.39 is 6.17 Å². The predicted molar refractivity (Wildman–Crippen MR) is 57.1 cm³/mol. The Balaban J connectivity index is 1.95. The SMILES string of the molecule is CC(C)[C@@]1(C)CCN(C(=O)[C@H]2C[C@H]2F)C1. The van der Waals surface area contributed by atoms with Crippen LogP contribution in [0.5, 0.6) is 0 Å². The number of halogens is 1. The fourth-order valence-electron chi connectivity index (χ4n) is 2.30. The number of alkyl halides is 1. The Labute approximate surface area is 90.8 Å². The molecule has 2 fully saturated rings. The van der Waals surface area contributed by atoms with Crippen molar-refractivity contribution in [2.75, 3.05) is 13.1 Å². The lowest BCUT2D eigenvalue weighted by Crippen LogP contribution is -2.34. The van der Waals surface area contributed by atoms with E-state index in [0.717, 1.165) is 19.5 Å². The Kier molecular flexibility index (Phi) is 2.52. The summed E-state index contributed by atoms with van der Waals surface area (Å²) in [4.78, 5) is 13.7. The molecule has 15 heavy (non-hydrogen) atoms. The standard InChI is InChI=1S/C12H20FNO/c1-8(2)12(3)4-5-14(7-12)11(15)9-6-10(9)13/h8-10H,4-7H2,1-3H3/t9-,10+,12-/m0/s1. The lowest BCUT2D eigenvalue weighted by atomic mass is 9.78. The van der Waals surface area contributed by atoms with Gasteiger partial charge in [0.2, 0.25) is 5.91 Å². The van der Waals surface area contributed by atoms with Crippen LogP contribution < -0.4 is 0 Å². The van der Waals surface area contributed by atoms with Crippen LogP contribution in [-0.4, -0.2) is 30.1 Å². The van der Waals surface area contributed by atoms with Crippen LogP contribution in [0.4, 0.5) is 4.39 Å². The first kappa shape index (κ1) is 10.9. The number of nitrogens with zero attached hydrogens (tertiary/aromatic N) is 1. The second-order valence-corrected chi connectivity index (χ2v) is 5.68. The summed E-state index contributed by atoms with van der Waals surface area (Å²) in [6.07, 6.45) is 0.650. The van der Waals surface area contributed by atoms with E-state index in [0.29, 0.717) is 12.3 Å². The summed E-state index contributed by atoms with van der Waals surface area (Å²) in [7, 11) is 0. The number of carbonyl (C=O) groups excluding carboxylic acids is 1. The van der Waals surface area contributed by atoms with Gasteiger partial charge in [0.05, 0.1) is 5.92 Å². The molecule has 1 heterocycles. The minimum atomic E-state index is -0.858. The maximum Gasteiger partial charge on any atom is 0.228 e. The average Bonchev–Trinajstić information content (AvgIpc) is 2.73. The van der Waals surface area contributed by atoms with E-state index >= 15 is 0 Å². The minimum absolute atomic E-state index is 0.0480. The Morgan fingerprint density at radius 3 is 2.53 bits per heavy atom. The molecule has 0 spiro atoms. The normalized spacial score (nSPS) is 39.9. The molecule has 1 amide bonds. The van der Waals surface area contributed by atoms with Gasteiger partial charge < -0.3 is 4.90 Å². The Bertz CT molecular complexity index is 279. The predicted octanol–water partition coefficient (Wildman–Crippen LogP) is 2.24. The molecular weight excluding hydrogens is 193 g/mol. The van der Waals surface area contributed by atoms with E-state index in [2.05, 4.69) is 20.8 Å². The van der Waals surface area contributed by atoms with Crippen LogP contribution in [0.3, 0.4) is 0 Å².